The summed E-state index contributed by atoms with van der Waals surface area (Å²) in [5.74, 6) is -1.14. The Morgan fingerprint density at radius 2 is 1.62 bits per heavy atom. The summed E-state index contributed by atoms with van der Waals surface area (Å²) < 4.78 is 0. The SMILES string of the molecule is CCCC(NCC(=O)NC(Cc1ccccc1)c1ccccc1)C(=O)O. The minimum Gasteiger partial charge on any atom is -0.480 e. The number of aliphatic carboxylic acids is 1. The smallest absolute Gasteiger partial charge is 0.320 e. The molecule has 0 aliphatic heterocycles. The van der Waals surface area contributed by atoms with Crippen molar-refractivity contribution in [2.24, 2.45) is 0 Å². The molecule has 2 atom stereocenters. The van der Waals surface area contributed by atoms with Gasteiger partial charge in [-0.25, -0.2) is 0 Å². The Kier molecular flexibility index (Phi) is 7.83. The standard InChI is InChI=1S/C21H26N2O3/c1-2-9-18(21(25)26)22-15-20(24)23-19(17-12-7-4-8-13-17)14-16-10-5-3-6-11-16/h3-8,10-13,18-19,22H,2,9,14-15H2,1H3,(H,23,24)(H,25,26). The van der Waals surface area contributed by atoms with Crippen molar-refractivity contribution >= 4 is 11.9 Å². The van der Waals surface area contributed by atoms with Gasteiger partial charge in [-0.3, -0.25) is 14.9 Å². The van der Waals surface area contributed by atoms with E-state index in [2.05, 4.69) is 10.6 Å². The summed E-state index contributed by atoms with van der Waals surface area (Å²) in [4.78, 5) is 23.6. The van der Waals surface area contributed by atoms with Crippen LogP contribution in [0, 0.1) is 0 Å². The molecule has 0 fully saturated rings. The number of amides is 1. The van der Waals surface area contributed by atoms with Gasteiger partial charge in [-0.15, -0.1) is 0 Å². The molecule has 5 heteroatoms. The maximum Gasteiger partial charge on any atom is 0.320 e. The highest BCUT2D eigenvalue weighted by Gasteiger charge is 2.19. The monoisotopic (exact) mass is 354 g/mol. The predicted molar refractivity (Wildman–Crippen MR) is 102 cm³/mol. The normalized spacial score (nSPS) is 13.0. The molecule has 2 rings (SSSR count). The van der Waals surface area contributed by atoms with E-state index in [-0.39, 0.29) is 18.5 Å². The Labute approximate surface area is 154 Å². The quantitative estimate of drug-likeness (QED) is 0.613. The number of carboxylic acid groups (broad SMARTS) is 1. The molecule has 0 radical (unpaired) electrons. The molecule has 0 bridgehead atoms. The van der Waals surface area contributed by atoms with Crippen LogP contribution < -0.4 is 10.6 Å². The summed E-state index contributed by atoms with van der Waals surface area (Å²) in [6.45, 7) is 1.90. The number of benzene rings is 2. The van der Waals surface area contributed by atoms with Gasteiger partial charge in [0.25, 0.3) is 0 Å². The van der Waals surface area contributed by atoms with Gasteiger partial charge in [0.15, 0.2) is 0 Å². The van der Waals surface area contributed by atoms with Gasteiger partial charge in [0, 0.05) is 0 Å². The first-order chi connectivity index (χ1) is 12.6. The second kappa shape index (κ2) is 10.4. The summed E-state index contributed by atoms with van der Waals surface area (Å²) in [5, 5.41) is 15.0. The van der Waals surface area contributed by atoms with Crippen LogP contribution in [-0.4, -0.2) is 29.6 Å². The Bertz CT molecular complexity index is 689. The van der Waals surface area contributed by atoms with E-state index in [0.29, 0.717) is 12.8 Å². The molecule has 0 aromatic heterocycles. The molecule has 26 heavy (non-hydrogen) atoms. The topological polar surface area (TPSA) is 78.4 Å². The Balaban J connectivity index is 2.01. The lowest BCUT2D eigenvalue weighted by Crippen LogP contribution is -2.44. The van der Waals surface area contributed by atoms with Crippen molar-refractivity contribution in [3.63, 3.8) is 0 Å². The summed E-state index contributed by atoms with van der Waals surface area (Å²) >= 11 is 0. The number of carbonyl (C=O) groups excluding carboxylic acids is 1. The van der Waals surface area contributed by atoms with E-state index in [0.717, 1.165) is 17.5 Å². The first-order valence-corrected chi connectivity index (χ1v) is 8.94. The van der Waals surface area contributed by atoms with Gasteiger partial charge < -0.3 is 10.4 Å². The number of carboxylic acids is 1. The molecular weight excluding hydrogens is 328 g/mol. The molecular formula is C21H26N2O3. The number of nitrogens with one attached hydrogen (secondary N) is 2. The fourth-order valence-corrected chi connectivity index (χ4v) is 2.85. The lowest BCUT2D eigenvalue weighted by atomic mass is 9.99. The Hall–Kier alpha value is -2.66. The highest BCUT2D eigenvalue weighted by Crippen LogP contribution is 2.18. The van der Waals surface area contributed by atoms with E-state index in [4.69, 9.17) is 0 Å². The number of carbonyl (C=O) groups is 2. The minimum absolute atomic E-state index is 0.0188. The average Bonchev–Trinajstić information content (AvgIpc) is 2.66. The largest absolute Gasteiger partial charge is 0.480 e. The van der Waals surface area contributed by atoms with Gasteiger partial charge in [-0.2, -0.15) is 0 Å². The van der Waals surface area contributed by atoms with Crippen molar-refractivity contribution in [1.82, 2.24) is 10.6 Å². The van der Waals surface area contributed by atoms with Gasteiger partial charge in [-0.1, -0.05) is 74.0 Å². The van der Waals surface area contributed by atoms with Gasteiger partial charge in [0.2, 0.25) is 5.91 Å². The predicted octanol–water partition coefficient (Wildman–Crippen LogP) is 2.93. The fraction of sp³-hybridized carbons (Fsp3) is 0.333. The van der Waals surface area contributed by atoms with Crippen LogP contribution in [0.5, 0.6) is 0 Å². The molecule has 1 amide bonds. The maximum absolute atomic E-state index is 12.4. The lowest BCUT2D eigenvalue weighted by Gasteiger charge is -2.21. The molecule has 5 nitrogen and oxygen atoms in total. The van der Waals surface area contributed by atoms with E-state index >= 15 is 0 Å². The van der Waals surface area contributed by atoms with Gasteiger partial charge in [0.05, 0.1) is 12.6 Å². The molecule has 3 N–H and O–H groups in total. The zero-order valence-electron chi connectivity index (χ0n) is 15.0. The zero-order chi connectivity index (χ0) is 18.8. The first-order valence-electron chi connectivity index (χ1n) is 8.94. The minimum atomic E-state index is -0.927. The van der Waals surface area contributed by atoms with Crippen LogP contribution in [0.3, 0.4) is 0 Å². The van der Waals surface area contributed by atoms with E-state index in [1.54, 1.807) is 0 Å². The zero-order valence-corrected chi connectivity index (χ0v) is 15.0. The Morgan fingerprint density at radius 1 is 1.00 bits per heavy atom. The molecule has 0 spiro atoms. The van der Waals surface area contributed by atoms with Crippen molar-refractivity contribution in [2.75, 3.05) is 6.54 Å². The summed E-state index contributed by atoms with van der Waals surface area (Å²) in [6.07, 6.45) is 1.91. The number of hydrogen-bond acceptors (Lipinski definition) is 3. The molecule has 0 heterocycles. The molecule has 138 valence electrons. The van der Waals surface area contributed by atoms with Crippen LogP contribution in [0.4, 0.5) is 0 Å². The van der Waals surface area contributed by atoms with Crippen LogP contribution in [0.1, 0.15) is 36.9 Å². The molecule has 0 saturated heterocycles. The van der Waals surface area contributed by atoms with Crippen LogP contribution in [0.25, 0.3) is 0 Å². The van der Waals surface area contributed by atoms with Crippen molar-refractivity contribution in [2.45, 2.75) is 38.3 Å². The molecule has 0 aliphatic rings. The molecule has 0 saturated carbocycles. The lowest BCUT2D eigenvalue weighted by molar-refractivity contribution is -0.139. The summed E-state index contributed by atoms with van der Waals surface area (Å²) in [6, 6.07) is 18.9. The van der Waals surface area contributed by atoms with E-state index in [9.17, 15) is 14.7 Å². The summed E-state index contributed by atoms with van der Waals surface area (Å²) in [5.41, 5.74) is 2.15. The number of hydrogen-bond donors (Lipinski definition) is 3. The fourth-order valence-electron chi connectivity index (χ4n) is 2.85. The van der Waals surface area contributed by atoms with Crippen LogP contribution in [-0.2, 0) is 16.0 Å². The first kappa shape index (κ1) is 19.7. The van der Waals surface area contributed by atoms with Gasteiger partial charge >= 0.3 is 5.97 Å². The second-order valence-electron chi connectivity index (χ2n) is 6.28. The molecule has 2 aromatic carbocycles. The molecule has 2 aromatic rings. The number of rotatable bonds is 10. The maximum atomic E-state index is 12.4. The Morgan fingerprint density at radius 3 is 2.19 bits per heavy atom. The summed E-state index contributed by atoms with van der Waals surface area (Å²) in [7, 11) is 0. The van der Waals surface area contributed by atoms with E-state index in [1.807, 2.05) is 67.6 Å². The van der Waals surface area contributed by atoms with Crippen molar-refractivity contribution in [1.29, 1.82) is 0 Å². The van der Waals surface area contributed by atoms with Crippen molar-refractivity contribution < 1.29 is 14.7 Å². The third-order valence-electron chi connectivity index (χ3n) is 4.20. The van der Waals surface area contributed by atoms with E-state index < -0.39 is 12.0 Å². The van der Waals surface area contributed by atoms with Gasteiger partial charge in [-0.05, 0) is 24.0 Å². The highest BCUT2D eigenvalue weighted by atomic mass is 16.4. The van der Waals surface area contributed by atoms with Crippen molar-refractivity contribution in [3.05, 3.63) is 71.8 Å². The van der Waals surface area contributed by atoms with Gasteiger partial charge in [0.1, 0.15) is 6.04 Å². The third-order valence-corrected chi connectivity index (χ3v) is 4.20. The van der Waals surface area contributed by atoms with Crippen LogP contribution >= 0.6 is 0 Å². The molecule has 2 unspecified atom stereocenters. The highest BCUT2D eigenvalue weighted by molar-refractivity contribution is 5.80. The molecule has 0 aliphatic carbocycles. The third kappa shape index (κ3) is 6.33. The van der Waals surface area contributed by atoms with Crippen LogP contribution in [0.15, 0.2) is 60.7 Å². The van der Waals surface area contributed by atoms with Crippen molar-refractivity contribution in [3.8, 4) is 0 Å². The average molecular weight is 354 g/mol. The van der Waals surface area contributed by atoms with E-state index in [1.165, 1.54) is 0 Å². The second-order valence-corrected chi connectivity index (χ2v) is 6.28. The van der Waals surface area contributed by atoms with Crippen LogP contribution in [0.2, 0.25) is 0 Å².